The van der Waals surface area contributed by atoms with Gasteiger partial charge in [0.2, 0.25) is 0 Å². The Kier molecular flexibility index (Phi) is 3.95. The van der Waals surface area contributed by atoms with E-state index in [-0.39, 0.29) is 17.0 Å². The standard InChI is InChI=1S/C14H21FO/c1-5-6-7-10-8-13(16)11(9-12(10)15)14(2,3)4/h8-9,16H,5-7H2,1-4H3. The minimum Gasteiger partial charge on any atom is -0.508 e. The minimum absolute atomic E-state index is 0.198. The molecule has 0 spiro atoms. The summed E-state index contributed by atoms with van der Waals surface area (Å²) in [6, 6.07) is 3.05. The van der Waals surface area contributed by atoms with E-state index in [0.29, 0.717) is 17.5 Å². The molecule has 0 aliphatic carbocycles. The Morgan fingerprint density at radius 3 is 2.38 bits per heavy atom. The Hall–Kier alpha value is -1.05. The molecule has 0 aliphatic rings. The number of rotatable bonds is 3. The number of benzene rings is 1. The van der Waals surface area contributed by atoms with Gasteiger partial charge in [0.15, 0.2) is 0 Å². The smallest absolute Gasteiger partial charge is 0.126 e. The molecule has 0 unspecified atom stereocenters. The van der Waals surface area contributed by atoms with E-state index in [2.05, 4.69) is 6.92 Å². The van der Waals surface area contributed by atoms with Gasteiger partial charge in [-0.1, -0.05) is 34.1 Å². The molecule has 1 N–H and O–H groups in total. The van der Waals surface area contributed by atoms with E-state index in [1.807, 2.05) is 20.8 Å². The largest absolute Gasteiger partial charge is 0.508 e. The van der Waals surface area contributed by atoms with Crippen molar-refractivity contribution < 1.29 is 9.50 Å². The van der Waals surface area contributed by atoms with Crippen LogP contribution in [0.5, 0.6) is 5.75 Å². The topological polar surface area (TPSA) is 20.2 Å². The molecule has 0 aliphatic heterocycles. The van der Waals surface area contributed by atoms with Crippen molar-refractivity contribution in [1.82, 2.24) is 0 Å². The summed E-state index contributed by atoms with van der Waals surface area (Å²) in [6.45, 7) is 7.97. The Balaban J connectivity index is 3.07. The summed E-state index contributed by atoms with van der Waals surface area (Å²) in [5, 5.41) is 9.88. The summed E-state index contributed by atoms with van der Waals surface area (Å²) in [4.78, 5) is 0. The first-order valence-corrected chi connectivity index (χ1v) is 5.88. The van der Waals surface area contributed by atoms with Crippen LogP contribution in [0.4, 0.5) is 4.39 Å². The van der Waals surface area contributed by atoms with Crippen molar-refractivity contribution in [3.63, 3.8) is 0 Å². The molecular formula is C14H21FO. The molecule has 0 fully saturated rings. The molecule has 1 rings (SSSR count). The second-order valence-corrected chi connectivity index (χ2v) is 5.31. The fourth-order valence-corrected chi connectivity index (χ4v) is 1.76. The van der Waals surface area contributed by atoms with E-state index in [1.54, 1.807) is 6.07 Å². The molecule has 0 heterocycles. The predicted molar refractivity (Wildman–Crippen MR) is 65.4 cm³/mol. The van der Waals surface area contributed by atoms with Gasteiger partial charge in [0.1, 0.15) is 11.6 Å². The zero-order chi connectivity index (χ0) is 12.3. The Bertz CT molecular complexity index is 364. The molecule has 0 amide bonds. The van der Waals surface area contributed by atoms with Crippen molar-refractivity contribution in [3.8, 4) is 5.75 Å². The zero-order valence-electron chi connectivity index (χ0n) is 10.6. The third-order valence-electron chi connectivity index (χ3n) is 2.77. The van der Waals surface area contributed by atoms with Crippen molar-refractivity contribution in [2.75, 3.05) is 0 Å². The lowest BCUT2D eigenvalue weighted by Crippen LogP contribution is -2.12. The van der Waals surface area contributed by atoms with Gasteiger partial charge in [-0.2, -0.15) is 0 Å². The number of hydrogen-bond acceptors (Lipinski definition) is 1. The summed E-state index contributed by atoms with van der Waals surface area (Å²) >= 11 is 0. The normalized spacial score (nSPS) is 11.8. The number of halogens is 1. The molecule has 90 valence electrons. The number of hydrogen-bond donors (Lipinski definition) is 1. The summed E-state index contributed by atoms with van der Waals surface area (Å²) in [7, 11) is 0. The summed E-state index contributed by atoms with van der Waals surface area (Å²) in [5.41, 5.74) is 1.06. The molecule has 1 nitrogen and oxygen atoms in total. The van der Waals surface area contributed by atoms with Gasteiger partial charge in [-0.25, -0.2) is 4.39 Å². The van der Waals surface area contributed by atoms with Crippen LogP contribution < -0.4 is 0 Å². The number of unbranched alkanes of at least 4 members (excludes halogenated alkanes) is 1. The van der Waals surface area contributed by atoms with Gasteiger partial charge in [-0.15, -0.1) is 0 Å². The SMILES string of the molecule is CCCCc1cc(O)c(C(C)(C)C)cc1F. The first-order valence-electron chi connectivity index (χ1n) is 5.88. The van der Waals surface area contributed by atoms with Gasteiger partial charge in [-0.05, 0) is 36.0 Å². The summed E-state index contributed by atoms with van der Waals surface area (Å²) < 4.78 is 13.8. The average Bonchev–Trinajstić information content (AvgIpc) is 2.17. The highest BCUT2D eigenvalue weighted by molar-refractivity contribution is 5.41. The minimum atomic E-state index is -0.228. The molecule has 16 heavy (non-hydrogen) atoms. The van der Waals surface area contributed by atoms with E-state index in [1.165, 1.54) is 6.07 Å². The molecule has 2 heteroatoms. The highest BCUT2D eigenvalue weighted by Gasteiger charge is 2.20. The van der Waals surface area contributed by atoms with Crippen LogP contribution in [0.3, 0.4) is 0 Å². The first-order chi connectivity index (χ1) is 7.36. The molecule has 0 atom stereocenters. The monoisotopic (exact) mass is 224 g/mol. The quantitative estimate of drug-likeness (QED) is 0.817. The van der Waals surface area contributed by atoms with E-state index in [9.17, 15) is 9.50 Å². The molecule has 0 aromatic heterocycles. The van der Waals surface area contributed by atoms with E-state index >= 15 is 0 Å². The summed E-state index contributed by atoms with van der Waals surface area (Å²) in [5.74, 6) is 0.0104. The van der Waals surface area contributed by atoms with E-state index in [4.69, 9.17) is 0 Å². The second kappa shape index (κ2) is 4.86. The van der Waals surface area contributed by atoms with Gasteiger partial charge in [0.25, 0.3) is 0 Å². The number of phenols is 1. The maximum Gasteiger partial charge on any atom is 0.126 e. The third-order valence-corrected chi connectivity index (χ3v) is 2.77. The third kappa shape index (κ3) is 2.97. The van der Waals surface area contributed by atoms with Crippen molar-refractivity contribution in [3.05, 3.63) is 29.1 Å². The highest BCUT2D eigenvalue weighted by Crippen LogP contribution is 2.32. The Labute approximate surface area is 97.3 Å². The lowest BCUT2D eigenvalue weighted by molar-refractivity contribution is 0.441. The van der Waals surface area contributed by atoms with Crippen LogP contribution in [0.15, 0.2) is 12.1 Å². The van der Waals surface area contributed by atoms with Crippen LogP contribution in [-0.2, 0) is 11.8 Å². The van der Waals surface area contributed by atoms with Crippen molar-refractivity contribution in [2.24, 2.45) is 0 Å². The lowest BCUT2D eigenvalue weighted by Gasteiger charge is -2.21. The zero-order valence-corrected chi connectivity index (χ0v) is 10.6. The first kappa shape index (κ1) is 13.0. The fraction of sp³-hybridized carbons (Fsp3) is 0.571. The maximum atomic E-state index is 13.8. The van der Waals surface area contributed by atoms with Crippen LogP contribution in [0.25, 0.3) is 0 Å². The van der Waals surface area contributed by atoms with Gasteiger partial charge < -0.3 is 5.11 Å². The molecule has 1 aromatic carbocycles. The van der Waals surface area contributed by atoms with Crippen molar-refractivity contribution in [1.29, 1.82) is 0 Å². The molecule has 0 saturated carbocycles. The number of aromatic hydroxyl groups is 1. The Morgan fingerprint density at radius 2 is 1.88 bits per heavy atom. The highest BCUT2D eigenvalue weighted by atomic mass is 19.1. The van der Waals surface area contributed by atoms with Gasteiger partial charge in [0, 0.05) is 5.56 Å². The Morgan fingerprint density at radius 1 is 1.25 bits per heavy atom. The number of aryl methyl sites for hydroxylation is 1. The fourth-order valence-electron chi connectivity index (χ4n) is 1.76. The lowest BCUT2D eigenvalue weighted by atomic mass is 9.85. The van der Waals surface area contributed by atoms with Crippen molar-refractivity contribution >= 4 is 0 Å². The van der Waals surface area contributed by atoms with Crippen LogP contribution in [0.1, 0.15) is 51.7 Å². The van der Waals surface area contributed by atoms with Gasteiger partial charge in [-0.3, -0.25) is 0 Å². The second-order valence-electron chi connectivity index (χ2n) is 5.31. The van der Waals surface area contributed by atoms with E-state index in [0.717, 1.165) is 12.8 Å². The maximum absolute atomic E-state index is 13.8. The molecule has 0 radical (unpaired) electrons. The van der Waals surface area contributed by atoms with Crippen LogP contribution >= 0.6 is 0 Å². The van der Waals surface area contributed by atoms with Crippen LogP contribution in [0.2, 0.25) is 0 Å². The van der Waals surface area contributed by atoms with Crippen LogP contribution in [-0.4, -0.2) is 5.11 Å². The van der Waals surface area contributed by atoms with Crippen molar-refractivity contribution in [2.45, 2.75) is 52.4 Å². The van der Waals surface area contributed by atoms with Gasteiger partial charge >= 0.3 is 0 Å². The molecular weight excluding hydrogens is 203 g/mol. The number of phenolic OH excluding ortho intramolecular Hbond substituents is 1. The van der Waals surface area contributed by atoms with Crippen LogP contribution in [0, 0.1) is 5.82 Å². The average molecular weight is 224 g/mol. The molecule has 0 saturated heterocycles. The van der Waals surface area contributed by atoms with Gasteiger partial charge in [0.05, 0.1) is 0 Å². The molecule has 0 bridgehead atoms. The summed E-state index contributed by atoms with van der Waals surface area (Å²) in [6.07, 6.45) is 2.67. The molecule has 1 aromatic rings. The predicted octanol–water partition coefficient (Wildman–Crippen LogP) is 4.17. The van der Waals surface area contributed by atoms with E-state index < -0.39 is 0 Å².